The highest BCUT2D eigenvalue weighted by molar-refractivity contribution is 5.92. The molecule has 0 aliphatic carbocycles. The predicted molar refractivity (Wildman–Crippen MR) is 70.3 cm³/mol. The van der Waals surface area contributed by atoms with Crippen molar-refractivity contribution in [2.45, 2.75) is 32.5 Å². The molecule has 5 nitrogen and oxygen atoms in total. The molecule has 2 atom stereocenters. The molecule has 0 aromatic heterocycles. The van der Waals surface area contributed by atoms with E-state index < -0.39 is 12.1 Å². The van der Waals surface area contributed by atoms with Gasteiger partial charge in [0.1, 0.15) is 12.6 Å². The first-order chi connectivity index (χ1) is 9.08. The molecule has 2 N–H and O–H groups in total. The van der Waals surface area contributed by atoms with Crippen LogP contribution in [0.25, 0.3) is 0 Å². The molecular formula is C14H18N2O3. The molecule has 0 spiro atoms. The Balaban J connectivity index is 1.80. The number of benzene rings is 1. The van der Waals surface area contributed by atoms with Gasteiger partial charge in [-0.25, -0.2) is 4.79 Å². The minimum atomic E-state index is -0.561. The zero-order chi connectivity index (χ0) is 13.8. The Morgan fingerprint density at radius 2 is 2.05 bits per heavy atom. The minimum Gasteiger partial charge on any atom is -0.445 e. The summed E-state index contributed by atoms with van der Waals surface area (Å²) < 4.78 is 5.08. The summed E-state index contributed by atoms with van der Waals surface area (Å²) in [4.78, 5) is 23.0. The molecule has 19 heavy (non-hydrogen) atoms. The Morgan fingerprint density at radius 1 is 1.37 bits per heavy atom. The van der Waals surface area contributed by atoms with E-state index in [1.807, 2.05) is 44.2 Å². The van der Waals surface area contributed by atoms with Crippen LogP contribution in [0, 0.1) is 5.92 Å². The number of rotatable bonds is 4. The Kier molecular flexibility index (Phi) is 4.04. The first-order valence-electron chi connectivity index (χ1n) is 6.35. The summed E-state index contributed by atoms with van der Waals surface area (Å²) in [6, 6.07) is 8.91. The summed E-state index contributed by atoms with van der Waals surface area (Å²) in [6.07, 6.45) is -0.561. The van der Waals surface area contributed by atoms with E-state index in [4.69, 9.17) is 4.74 Å². The van der Waals surface area contributed by atoms with Gasteiger partial charge in [-0.3, -0.25) is 4.79 Å². The lowest BCUT2D eigenvalue weighted by molar-refractivity contribution is -0.132. The molecule has 0 radical (unpaired) electrons. The molecule has 1 aliphatic rings. The third-order valence-corrected chi connectivity index (χ3v) is 3.15. The maximum absolute atomic E-state index is 11.6. The van der Waals surface area contributed by atoms with Crippen LogP contribution < -0.4 is 10.6 Å². The SMILES string of the molecule is CC(C)[C@@H]1NC(=O)[C@@H]1NC(=O)OCc1ccccc1. The number of hydrogen-bond acceptors (Lipinski definition) is 3. The third-order valence-electron chi connectivity index (χ3n) is 3.15. The molecule has 2 amide bonds. The molecule has 0 saturated carbocycles. The molecule has 0 unspecified atom stereocenters. The van der Waals surface area contributed by atoms with Crippen molar-refractivity contribution in [1.29, 1.82) is 0 Å². The average Bonchev–Trinajstić information content (AvgIpc) is 2.40. The monoisotopic (exact) mass is 262 g/mol. The number of ether oxygens (including phenoxy) is 1. The van der Waals surface area contributed by atoms with E-state index in [0.29, 0.717) is 0 Å². The first-order valence-corrected chi connectivity index (χ1v) is 6.35. The molecule has 1 fully saturated rings. The van der Waals surface area contributed by atoms with Crippen molar-refractivity contribution in [2.75, 3.05) is 0 Å². The largest absolute Gasteiger partial charge is 0.445 e. The van der Waals surface area contributed by atoms with Crippen LogP contribution in [0.2, 0.25) is 0 Å². The summed E-state index contributed by atoms with van der Waals surface area (Å²) >= 11 is 0. The topological polar surface area (TPSA) is 67.4 Å². The molecule has 102 valence electrons. The van der Waals surface area contributed by atoms with Gasteiger partial charge >= 0.3 is 6.09 Å². The maximum atomic E-state index is 11.6. The summed E-state index contributed by atoms with van der Waals surface area (Å²) in [5.41, 5.74) is 0.913. The number of hydrogen-bond donors (Lipinski definition) is 2. The van der Waals surface area contributed by atoms with Crippen LogP contribution in [-0.2, 0) is 16.1 Å². The van der Waals surface area contributed by atoms with Crippen molar-refractivity contribution < 1.29 is 14.3 Å². The van der Waals surface area contributed by atoms with Gasteiger partial charge < -0.3 is 15.4 Å². The fourth-order valence-corrected chi connectivity index (χ4v) is 2.00. The molecule has 1 aromatic carbocycles. The standard InChI is InChI=1S/C14H18N2O3/c1-9(2)11-12(13(17)15-11)16-14(18)19-8-10-6-4-3-5-7-10/h3-7,9,11-12H,8H2,1-2H3,(H,15,17)(H,16,18)/t11-,12+/m0/s1. The van der Waals surface area contributed by atoms with Crippen LogP contribution in [0.4, 0.5) is 4.79 Å². The number of amides is 2. The van der Waals surface area contributed by atoms with Gasteiger partial charge in [0.05, 0.1) is 6.04 Å². The van der Waals surface area contributed by atoms with Gasteiger partial charge in [0.2, 0.25) is 5.91 Å². The van der Waals surface area contributed by atoms with Gasteiger partial charge in [-0.15, -0.1) is 0 Å². The second-order valence-electron chi connectivity index (χ2n) is 4.96. The quantitative estimate of drug-likeness (QED) is 0.807. The maximum Gasteiger partial charge on any atom is 0.408 e. The van der Waals surface area contributed by atoms with E-state index >= 15 is 0 Å². The van der Waals surface area contributed by atoms with E-state index in [0.717, 1.165) is 5.56 Å². The van der Waals surface area contributed by atoms with Crippen molar-refractivity contribution in [3.8, 4) is 0 Å². The third kappa shape index (κ3) is 3.24. The highest BCUT2D eigenvalue weighted by atomic mass is 16.5. The molecule has 1 aromatic rings. The molecule has 1 aliphatic heterocycles. The lowest BCUT2D eigenvalue weighted by Gasteiger charge is -2.39. The summed E-state index contributed by atoms with van der Waals surface area (Å²) in [6.45, 7) is 4.19. The normalized spacial score (nSPS) is 21.5. The van der Waals surface area contributed by atoms with Gasteiger partial charge in [0.25, 0.3) is 0 Å². The van der Waals surface area contributed by atoms with Crippen LogP contribution in [0.1, 0.15) is 19.4 Å². The van der Waals surface area contributed by atoms with Crippen LogP contribution in [0.5, 0.6) is 0 Å². The van der Waals surface area contributed by atoms with E-state index in [2.05, 4.69) is 10.6 Å². The molecule has 0 bridgehead atoms. The number of β-lactam (4-membered cyclic amide) rings is 1. The predicted octanol–water partition coefficient (Wildman–Crippen LogP) is 1.44. The number of alkyl carbamates (subject to hydrolysis) is 1. The molecular weight excluding hydrogens is 244 g/mol. The Bertz CT molecular complexity index is 459. The second kappa shape index (κ2) is 5.73. The Labute approximate surface area is 112 Å². The zero-order valence-corrected chi connectivity index (χ0v) is 11.1. The van der Waals surface area contributed by atoms with Crippen molar-refractivity contribution in [2.24, 2.45) is 5.92 Å². The average molecular weight is 262 g/mol. The zero-order valence-electron chi connectivity index (χ0n) is 11.1. The first kappa shape index (κ1) is 13.4. The molecule has 2 rings (SSSR count). The van der Waals surface area contributed by atoms with Crippen molar-refractivity contribution in [3.05, 3.63) is 35.9 Å². The molecule has 1 saturated heterocycles. The minimum absolute atomic E-state index is 0.0169. The molecule has 1 heterocycles. The number of nitrogens with one attached hydrogen (secondary N) is 2. The smallest absolute Gasteiger partial charge is 0.408 e. The van der Waals surface area contributed by atoms with E-state index in [1.54, 1.807) is 0 Å². The number of carbonyl (C=O) groups excluding carboxylic acids is 2. The lowest BCUT2D eigenvalue weighted by Crippen LogP contribution is -2.70. The van der Waals surface area contributed by atoms with E-state index in [9.17, 15) is 9.59 Å². The van der Waals surface area contributed by atoms with Crippen molar-refractivity contribution in [3.63, 3.8) is 0 Å². The number of carbonyl (C=O) groups is 2. The van der Waals surface area contributed by atoms with Crippen LogP contribution in [0.15, 0.2) is 30.3 Å². The van der Waals surface area contributed by atoms with Gasteiger partial charge in [-0.1, -0.05) is 44.2 Å². The van der Waals surface area contributed by atoms with Crippen molar-refractivity contribution in [1.82, 2.24) is 10.6 Å². The summed E-state index contributed by atoms with van der Waals surface area (Å²) in [7, 11) is 0. The highest BCUT2D eigenvalue weighted by Gasteiger charge is 2.42. The van der Waals surface area contributed by atoms with Gasteiger partial charge in [-0.05, 0) is 11.5 Å². The van der Waals surface area contributed by atoms with Crippen LogP contribution in [-0.4, -0.2) is 24.1 Å². The Morgan fingerprint density at radius 3 is 2.63 bits per heavy atom. The molecule has 5 heteroatoms. The fraction of sp³-hybridized carbons (Fsp3) is 0.429. The summed E-state index contributed by atoms with van der Waals surface area (Å²) in [5, 5.41) is 5.36. The summed E-state index contributed by atoms with van der Waals surface area (Å²) in [5.74, 6) is 0.118. The fourth-order valence-electron chi connectivity index (χ4n) is 2.00. The van der Waals surface area contributed by atoms with E-state index in [-0.39, 0.29) is 24.5 Å². The van der Waals surface area contributed by atoms with Gasteiger partial charge in [0.15, 0.2) is 0 Å². The Hall–Kier alpha value is -2.04. The van der Waals surface area contributed by atoms with Gasteiger partial charge in [0, 0.05) is 0 Å². The lowest BCUT2D eigenvalue weighted by atomic mass is 9.89. The van der Waals surface area contributed by atoms with Gasteiger partial charge in [-0.2, -0.15) is 0 Å². The van der Waals surface area contributed by atoms with Crippen molar-refractivity contribution >= 4 is 12.0 Å². The van der Waals surface area contributed by atoms with Crippen LogP contribution >= 0.6 is 0 Å². The highest BCUT2D eigenvalue weighted by Crippen LogP contribution is 2.15. The van der Waals surface area contributed by atoms with Crippen LogP contribution in [0.3, 0.4) is 0 Å². The second-order valence-corrected chi connectivity index (χ2v) is 4.96. The van der Waals surface area contributed by atoms with E-state index in [1.165, 1.54) is 0 Å².